The number of methoxy groups -OCH3 is 1. The van der Waals surface area contributed by atoms with Crippen LogP contribution in [0.5, 0.6) is 11.5 Å². The number of ether oxygens (including phenoxy) is 1. The van der Waals surface area contributed by atoms with Crippen LogP contribution in [0.25, 0.3) is 6.08 Å². The topological polar surface area (TPSA) is 55.5 Å². The van der Waals surface area contributed by atoms with E-state index in [0.717, 1.165) is 5.56 Å². The van der Waals surface area contributed by atoms with Crippen molar-refractivity contribution in [2.45, 2.75) is 0 Å². The Hall–Kier alpha value is -1.48. The van der Waals surface area contributed by atoms with Crippen LogP contribution in [-0.4, -0.2) is 18.8 Å². The highest BCUT2D eigenvalue weighted by Gasteiger charge is 1.99. The number of rotatable bonds is 3. The highest BCUT2D eigenvalue weighted by atomic mass is 16.5. The van der Waals surface area contributed by atoms with E-state index in [1.807, 2.05) is 18.2 Å². The van der Waals surface area contributed by atoms with Gasteiger partial charge < -0.3 is 15.6 Å². The zero-order valence-corrected chi connectivity index (χ0v) is 7.53. The molecule has 3 nitrogen and oxygen atoms in total. The summed E-state index contributed by atoms with van der Waals surface area (Å²) < 4.78 is 4.91. The molecule has 1 aromatic carbocycles. The largest absolute Gasteiger partial charge is 0.504 e. The molecule has 0 amide bonds. The maximum atomic E-state index is 9.40. The minimum absolute atomic E-state index is 0.140. The summed E-state index contributed by atoms with van der Waals surface area (Å²) in [6.07, 6.45) is 3.67. The first-order valence-electron chi connectivity index (χ1n) is 4.01. The summed E-state index contributed by atoms with van der Waals surface area (Å²) in [5.74, 6) is 0.617. The normalized spacial score (nSPS) is 10.6. The summed E-state index contributed by atoms with van der Waals surface area (Å²) in [7, 11) is 1.52. The standard InChI is InChI=1S/C10H13NO2/c1-13-10-5-4-8(3-2-6-11)7-9(10)12/h2-5,7,12H,6,11H2,1H3/b3-2+. The third kappa shape index (κ3) is 2.49. The van der Waals surface area contributed by atoms with Crippen LogP contribution < -0.4 is 10.5 Å². The summed E-state index contributed by atoms with van der Waals surface area (Å²) in [6.45, 7) is 0.493. The van der Waals surface area contributed by atoms with E-state index >= 15 is 0 Å². The molecule has 0 saturated carbocycles. The van der Waals surface area contributed by atoms with Gasteiger partial charge in [-0.3, -0.25) is 0 Å². The first kappa shape index (κ1) is 9.61. The van der Waals surface area contributed by atoms with Crippen LogP contribution in [-0.2, 0) is 0 Å². The van der Waals surface area contributed by atoms with Gasteiger partial charge in [0.2, 0.25) is 0 Å². The molecule has 0 heterocycles. The molecule has 0 saturated heterocycles. The van der Waals surface area contributed by atoms with Gasteiger partial charge in [0, 0.05) is 6.54 Å². The lowest BCUT2D eigenvalue weighted by atomic mass is 10.2. The molecule has 0 fully saturated rings. The van der Waals surface area contributed by atoms with E-state index in [4.69, 9.17) is 10.5 Å². The molecule has 0 bridgehead atoms. The van der Waals surface area contributed by atoms with Crippen molar-refractivity contribution >= 4 is 6.08 Å². The second-order valence-electron chi connectivity index (χ2n) is 2.57. The summed E-state index contributed by atoms with van der Waals surface area (Å²) in [4.78, 5) is 0. The number of benzene rings is 1. The summed E-state index contributed by atoms with van der Waals surface area (Å²) in [5.41, 5.74) is 6.20. The summed E-state index contributed by atoms with van der Waals surface area (Å²) in [5, 5.41) is 9.40. The van der Waals surface area contributed by atoms with E-state index < -0.39 is 0 Å². The second kappa shape index (κ2) is 4.52. The molecular formula is C10H13NO2. The fraction of sp³-hybridized carbons (Fsp3) is 0.200. The van der Waals surface area contributed by atoms with Crippen molar-refractivity contribution in [1.29, 1.82) is 0 Å². The van der Waals surface area contributed by atoms with Crippen molar-refractivity contribution in [3.8, 4) is 11.5 Å². The number of nitrogens with two attached hydrogens (primary N) is 1. The minimum Gasteiger partial charge on any atom is -0.504 e. The molecule has 0 aliphatic carbocycles. The number of hydrogen-bond acceptors (Lipinski definition) is 3. The van der Waals surface area contributed by atoms with Gasteiger partial charge in [-0.25, -0.2) is 0 Å². The van der Waals surface area contributed by atoms with E-state index in [9.17, 15) is 5.11 Å². The van der Waals surface area contributed by atoms with Gasteiger partial charge in [-0.15, -0.1) is 0 Å². The SMILES string of the molecule is COc1ccc(/C=C/CN)cc1O. The molecule has 0 aliphatic rings. The van der Waals surface area contributed by atoms with Gasteiger partial charge >= 0.3 is 0 Å². The zero-order valence-electron chi connectivity index (χ0n) is 7.53. The van der Waals surface area contributed by atoms with E-state index in [2.05, 4.69) is 0 Å². The van der Waals surface area contributed by atoms with Gasteiger partial charge in [-0.1, -0.05) is 18.2 Å². The molecule has 3 heteroatoms. The molecule has 1 aromatic rings. The van der Waals surface area contributed by atoms with E-state index in [0.29, 0.717) is 12.3 Å². The molecular weight excluding hydrogens is 166 g/mol. The van der Waals surface area contributed by atoms with Gasteiger partial charge in [-0.05, 0) is 17.7 Å². The monoisotopic (exact) mass is 179 g/mol. The molecule has 13 heavy (non-hydrogen) atoms. The Bertz CT molecular complexity index is 308. The molecule has 70 valence electrons. The highest BCUT2D eigenvalue weighted by molar-refractivity contribution is 5.55. The Morgan fingerprint density at radius 2 is 2.31 bits per heavy atom. The Balaban J connectivity index is 2.89. The maximum Gasteiger partial charge on any atom is 0.160 e. The highest BCUT2D eigenvalue weighted by Crippen LogP contribution is 2.26. The number of phenolic OH excluding ortho intramolecular Hbond substituents is 1. The quantitative estimate of drug-likeness (QED) is 0.736. The van der Waals surface area contributed by atoms with Crippen LogP contribution in [0.3, 0.4) is 0 Å². The first-order valence-corrected chi connectivity index (χ1v) is 4.01. The Morgan fingerprint density at radius 1 is 1.54 bits per heavy atom. The maximum absolute atomic E-state index is 9.40. The van der Waals surface area contributed by atoms with Crippen molar-refractivity contribution in [1.82, 2.24) is 0 Å². The molecule has 0 atom stereocenters. The van der Waals surface area contributed by atoms with Crippen molar-refractivity contribution < 1.29 is 9.84 Å². The molecule has 3 N–H and O–H groups in total. The van der Waals surface area contributed by atoms with Crippen LogP contribution >= 0.6 is 0 Å². The van der Waals surface area contributed by atoms with Gasteiger partial charge in [0.25, 0.3) is 0 Å². The third-order valence-electron chi connectivity index (χ3n) is 1.65. The van der Waals surface area contributed by atoms with Crippen LogP contribution in [0.15, 0.2) is 24.3 Å². The second-order valence-corrected chi connectivity index (χ2v) is 2.57. The van der Waals surface area contributed by atoms with E-state index in [-0.39, 0.29) is 5.75 Å². The zero-order chi connectivity index (χ0) is 9.68. The van der Waals surface area contributed by atoms with Crippen molar-refractivity contribution in [3.63, 3.8) is 0 Å². The summed E-state index contributed by atoms with van der Waals surface area (Å²) in [6, 6.07) is 5.20. The molecule has 1 rings (SSSR count). The Morgan fingerprint density at radius 3 is 2.85 bits per heavy atom. The third-order valence-corrected chi connectivity index (χ3v) is 1.65. The minimum atomic E-state index is 0.140. The fourth-order valence-corrected chi connectivity index (χ4v) is 1.01. The van der Waals surface area contributed by atoms with Crippen molar-refractivity contribution in [3.05, 3.63) is 29.8 Å². The Kier molecular flexibility index (Phi) is 3.34. The van der Waals surface area contributed by atoms with Gasteiger partial charge in [0.15, 0.2) is 11.5 Å². The lowest BCUT2D eigenvalue weighted by Gasteiger charge is -2.02. The lowest BCUT2D eigenvalue weighted by Crippen LogP contribution is -1.92. The summed E-state index contributed by atoms with van der Waals surface area (Å²) >= 11 is 0. The van der Waals surface area contributed by atoms with Gasteiger partial charge in [0.1, 0.15) is 0 Å². The molecule has 0 unspecified atom stereocenters. The molecule has 0 spiro atoms. The average Bonchev–Trinajstić information content (AvgIpc) is 2.15. The Labute approximate surface area is 77.4 Å². The number of aromatic hydroxyl groups is 1. The molecule has 0 aliphatic heterocycles. The smallest absolute Gasteiger partial charge is 0.160 e. The van der Waals surface area contributed by atoms with Crippen LogP contribution in [0.2, 0.25) is 0 Å². The van der Waals surface area contributed by atoms with E-state index in [1.165, 1.54) is 7.11 Å². The fourth-order valence-electron chi connectivity index (χ4n) is 1.01. The average molecular weight is 179 g/mol. The van der Waals surface area contributed by atoms with Crippen LogP contribution in [0.1, 0.15) is 5.56 Å². The van der Waals surface area contributed by atoms with Crippen LogP contribution in [0, 0.1) is 0 Å². The van der Waals surface area contributed by atoms with Crippen molar-refractivity contribution in [2.75, 3.05) is 13.7 Å². The first-order chi connectivity index (χ1) is 6.27. The van der Waals surface area contributed by atoms with Gasteiger partial charge in [0.05, 0.1) is 7.11 Å². The molecule has 0 radical (unpaired) electrons. The number of phenols is 1. The number of hydrogen-bond donors (Lipinski definition) is 2. The lowest BCUT2D eigenvalue weighted by molar-refractivity contribution is 0.373. The van der Waals surface area contributed by atoms with Crippen molar-refractivity contribution in [2.24, 2.45) is 5.73 Å². The van der Waals surface area contributed by atoms with Crippen LogP contribution in [0.4, 0.5) is 0 Å². The van der Waals surface area contributed by atoms with Gasteiger partial charge in [-0.2, -0.15) is 0 Å². The van der Waals surface area contributed by atoms with E-state index in [1.54, 1.807) is 12.1 Å². The molecule has 0 aromatic heterocycles. The predicted molar refractivity (Wildman–Crippen MR) is 52.7 cm³/mol. The predicted octanol–water partition coefficient (Wildman–Crippen LogP) is 1.37.